The third-order valence-corrected chi connectivity index (χ3v) is 4.55. The highest BCUT2D eigenvalue weighted by molar-refractivity contribution is 9.10. The Morgan fingerprint density at radius 2 is 2.11 bits per heavy atom. The van der Waals surface area contributed by atoms with Crippen LogP contribution in [0.3, 0.4) is 0 Å². The quantitative estimate of drug-likeness (QED) is 0.899. The molecule has 0 radical (unpaired) electrons. The van der Waals surface area contributed by atoms with Crippen LogP contribution in [0.2, 0.25) is 5.02 Å². The lowest BCUT2D eigenvalue weighted by Crippen LogP contribution is -1.97. The first-order valence-electron chi connectivity index (χ1n) is 4.89. The van der Waals surface area contributed by atoms with E-state index in [-0.39, 0.29) is 5.56 Å². The standard InChI is InChI=1S/C12H7BrClNO2S/c13-8-3-1-2-4-10(8)18-11-9(14)5-7(6-15-11)12(16)17/h1-6H,(H,16,17). The van der Waals surface area contributed by atoms with Gasteiger partial charge in [-0.2, -0.15) is 0 Å². The number of aromatic carboxylic acids is 1. The van der Waals surface area contributed by atoms with Gasteiger partial charge in [-0.05, 0) is 34.1 Å². The summed E-state index contributed by atoms with van der Waals surface area (Å²) in [5, 5.41) is 9.73. The van der Waals surface area contributed by atoms with Gasteiger partial charge in [0.05, 0.1) is 10.6 Å². The molecule has 0 amide bonds. The van der Waals surface area contributed by atoms with Crippen LogP contribution in [-0.2, 0) is 0 Å². The summed E-state index contributed by atoms with van der Waals surface area (Å²) in [4.78, 5) is 15.8. The molecule has 1 heterocycles. The molecule has 0 saturated carbocycles. The minimum absolute atomic E-state index is 0.0801. The molecular formula is C12H7BrClNO2S. The highest BCUT2D eigenvalue weighted by atomic mass is 79.9. The molecule has 0 unspecified atom stereocenters. The summed E-state index contributed by atoms with van der Waals surface area (Å²) in [7, 11) is 0. The Bertz CT molecular complexity index is 606. The Balaban J connectivity index is 2.30. The van der Waals surface area contributed by atoms with Crippen molar-refractivity contribution in [2.75, 3.05) is 0 Å². The van der Waals surface area contributed by atoms with Gasteiger partial charge in [0.1, 0.15) is 5.03 Å². The summed E-state index contributed by atoms with van der Waals surface area (Å²) in [5.74, 6) is -1.04. The molecule has 0 fully saturated rings. The van der Waals surface area contributed by atoms with Crippen molar-refractivity contribution in [3.63, 3.8) is 0 Å². The molecular weight excluding hydrogens is 338 g/mol. The molecule has 0 aliphatic carbocycles. The average Bonchev–Trinajstić information content (AvgIpc) is 2.34. The Morgan fingerprint density at radius 1 is 1.39 bits per heavy atom. The molecule has 1 N–H and O–H groups in total. The molecule has 0 spiro atoms. The molecule has 6 heteroatoms. The van der Waals surface area contributed by atoms with Crippen molar-refractivity contribution in [1.82, 2.24) is 4.98 Å². The summed E-state index contributed by atoms with van der Waals surface area (Å²) in [6, 6.07) is 9.07. The van der Waals surface area contributed by atoms with E-state index in [1.807, 2.05) is 24.3 Å². The number of halogens is 2. The smallest absolute Gasteiger partial charge is 0.337 e. The molecule has 1 aromatic carbocycles. The van der Waals surface area contributed by atoms with Crippen LogP contribution in [0.15, 0.2) is 50.9 Å². The second kappa shape index (κ2) is 5.73. The normalized spacial score (nSPS) is 10.3. The first-order valence-corrected chi connectivity index (χ1v) is 6.88. The predicted octanol–water partition coefficient (Wildman–Crippen LogP) is 4.35. The van der Waals surface area contributed by atoms with Crippen LogP contribution in [-0.4, -0.2) is 16.1 Å². The second-order valence-corrected chi connectivity index (χ2v) is 5.64. The number of carboxylic acid groups (broad SMARTS) is 1. The fourth-order valence-electron chi connectivity index (χ4n) is 1.25. The van der Waals surface area contributed by atoms with Crippen molar-refractivity contribution >= 4 is 45.3 Å². The molecule has 1 aromatic heterocycles. The molecule has 2 aromatic rings. The summed E-state index contributed by atoms with van der Waals surface area (Å²) < 4.78 is 0.940. The molecule has 0 aliphatic heterocycles. The van der Waals surface area contributed by atoms with Crippen molar-refractivity contribution in [1.29, 1.82) is 0 Å². The van der Waals surface area contributed by atoms with E-state index in [9.17, 15) is 4.79 Å². The largest absolute Gasteiger partial charge is 0.478 e. The summed E-state index contributed by atoms with van der Waals surface area (Å²) in [5.41, 5.74) is 0.0801. The molecule has 0 aliphatic rings. The number of carbonyl (C=O) groups is 1. The maximum Gasteiger partial charge on any atom is 0.337 e. The number of rotatable bonds is 3. The molecule has 0 atom stereocenters. The Labute approximate surface area is 121 Å². The van der Waals surface area contributed by atoms with E-state index in [2.05, 4.69) is 20.9 Å². The zero-order valence-electron chi connectivity index (χ0n) is 8.93. The van der Waals surface area contributed by atoms with Gasteiger partial charge in [0, 0.05) is 15.6 Å². The maximum absolute atomic E-state index is 10.8. The van der Waals surface area contributed by atoms with Crippen molar-refractivity contribution < 1.29 is 9.90 Å². The van der Waals surface area contributed by atoms with E-state index in [1.54, 1.807) is 0 Å². The fraction of sp³-hybridized carbons (Fsp3) is 0. The summed E-state index contributed by atoms with van der Waals surface area (Å²) in [6.45, 7) is 0. The van der Waals surface area contributed by atoms with Crippen LogP contribution in [0.5, 0.6) is 0 Å². The lowest BCUT2D eigenvalue weighted by Gasteiger charge is -2.05. The van der Waals surface area contributed by atoms with Crippen LogP contribution < -0.4 is 0 Å². The van der Waals surface area contributed by atoms with Gasteiger partial charge in [0.2, 0.25) is 0 Å². The van der Waals surface area contributed by atoms with E-state index >= 15 is 0 Å². The van der Waals surface area contributed by atoms with Gasteiger partial charge < -0.3 is 5.11 Å². The second-order valence-electron chi connectivity index (χ2n) is 3.35. The lowest BCUT2D eigenvalue weighted by molar-refractivity contribution is 0.0696. The minimum atomic E-state index is -1.04. The van der Waals surface area contributed by atoms with Crippen LogP contribution >= 0.6 is 39.3 Å². The zero-order chi connectivity index (χ0) is 13.1. The third kappa shape index (κ3) is 3.04. The van der Waals surface area contributed by atoms with E-state index in [1.165, 1.54) is 24.0 Å². The monoisotopic (exact) mass is 343 g/mol. The van der Waals surface area contributed by atoms with E-state index in [0.29, 0.717) is 10.0 Å². The highest BCUT2D eigenvalue weighted by Gasteiger charge is 2.10. The van der Waals surface area contributed by atoms with Gasteiger partial charge in [-0.15, -0.1) is 0 Å². The maximum atomic E-state index is 10.8. The Morgan fingerprint density at radius 3 is 2.72 bits per heavy atom. The SMILES string of the molecule is O=C(O)c1cnc(Sc2ccccc2Br)c(Cl)c1. The molecule has 92 valence electrons. The van der Waals surface area contributed by atoms with Crippen LogP contribution in [0, 0.1) is 0 Å². The van der Waals surface area contributed by atoms with E-state index in [0.717, 1.165) is 9.37 Å². The molecule has 18 heavy (non-hydrogen) atoms. The van der Waals surface area contributed by atoms with Gasteiger partial charge >= 0.3 is 5.97 Å². The third-order valence-electron chi connectivity index (χ3n) is 2.10. The van der Waals surface area contributed by atoms with Crippen LogP contribution in [0.25, 0.3) is 0 Å². The number of pyridine rings is 1. The van der Waals surface area contributed by atoms with Gasteiger partial charge in [0.25, 0.3) is 0 Å². The Hall–Kier alpha value is -1.04. The van der Waals surface area contributed by atoms with E-state index in [4.69, 9.17) is 16.7 Å². The Kier molecular flexibility index (Phi) is 4.27. The number of hydrogen-bond donors (Lipinski definition) is 1. The van der Waals surface area contributed by atoms with Crippen LogP contribution in [0.1, 0.15) is 10.4 Å². The first kappa shape index (κ1) is 13.4. The van der Waals surface area contributed by atoms with Crippen molar-refractivity contribution in [2.45, 2.75) is 9.92 Å². The van der Waals surface area contributed by atoms with Crippen molar-refractivity contribution in [3.05, 3.63) is 51.6 Å². The number of aromatic nitrogens is 1. The fourth-order valence-corrected chi connectivity index (χ4v) is 2.84. The molecule has 0 bridgehead atoms. The average molecular weight is 345 g/mol. The van der Waals surface area contributed by atoms with E-state index < -0.39 is 5.97 Å². The van der Waals surface area contributed by atoms with Crippen molar-refractivity contribution in [3.8, 4) is 0 Å². The molecule has 2 rings (SSSR count). The number of carboxylic acids is 1. The van der Waals surface area contributed by atoms with Crippen molar-refractivity contribution in [2.24, 2.45) is 0 Å². The number of nitrogens with zero attached hydrogens (tertiary/aromatic N) is 1. The zero-order valence-corrected chi connectivity index (χ0v) is 12.1. The lowest BCUT2D eigenvalue weighted by atomic mass is 10.3. The highest BCUT2D eigenvalue weighted by Crippen LogP contribution is 2.35. The first-order chi connectivity index (χ1) is 8.58. The topological polar surface area (TPSA) is 50.2 Å². The predicted molar refractivity (Wildman–Crippen MR) is 74.5 cm³/mol. The molecule has 3 nitrogen and oxygen atoms in total. The summed E-state index contributed by atoms with van der Waals surface area (Å²) >= 11 is 10.8. The molecule has 0 saturated heterocycles. The summed E-state index contributed by atoms with van der Waals surface area (Å²) in [6.07, 6.45) is 1.30. The van der Waals surface area contributed by atoms with Gasteiger partial charge in [-0.25, -0.2) is 9.78 Å². The number of hydrogen-bond acceptors (Lipinski definition) is 3. The van der Waals surface area contributed by atoms with Gasteiger partial charge in [-0.3, -0.25) is 0 Å². The van der Waals surface area contributed by atoms with Gasteiger partial charge in [0.15, 0.2) is 0 Å². The van der Waals surface area contributed by atoms with Gasteiger partial charge in [-0.1, -0.05) is 35.5 Å². The minimum Gasteiger partial charge on any atom is -0.478 e. The van der Waals surface area contributed by atoms with Crippen LogP contribution in [0.4, 0.5) is 0 Å². The number of benzene rings is 1.